The number of halogens is 1. The van der Waals surface area contributed by atoms with E-state index in [4.69, 9.17) is 0 Å². The highest BCUT2D eigenvalue weighted by Crippen LogP contribution is 2.32. The van der Waals surface area contributed by atoms with Crippen LogP contribution in [0.5, 0.6) is 0 Å². The maximum Gasteiger partial charge on any atom is 0.108 e. The molecule has 0 atom stereocenters. The number of nitrogens with one attached hydrogen (secondary N) is 1. The van der Waals surface area contributed by atoms with E-state index in [0.29, 0.717) is 0 Å². The molecule has 0 aliphatic heterocycles. The molecule has 1 N–H and O–H groups in total. The maximum absolute atomic E-state index is 4.29. The Labute approximate surface area is 97.2 Å². The van der Waals surface area contributed by atoms with Gasteiger partial charge < -0.3 is 4.98 Å². The van der Waals surface area contributed by atoms with Gasteiger partial charge >= 0.3 is 0 Å². The number of rotatable bonds is 2. The van der Waals surface area contributed by atoms with Crippen LogP contribution in [0.4, 0.5) is 0 Å². The first-order valence-electron chi connectivity index (χ1n) is 5.44. The van der Waals surface area contributed by atoms with Gasteiger partial charge in [0.25, 0.3) is 0 Å². The minimum atomic E-state index is 0.895. The zero-order valence-corrected chi connectivity index (χ0v) is 10.0. The van der Waals surface area contributed by atoms with Gasteiger partial charge in [-0.3, -0.25) is 0 Å². The first-order chi connectivity index (χ1) is 7.33. The molecule has 2 aromatic rings. The van der Waals surface area contributed by atoms with E-state index in [1.54, 1.807) is 0 Å². The number of H-pyrrole nitrogens is 1. The van der Waals surface area contributed by atoms with Crippen molar-refractivity contribution in [1.82, 2.24) is 9.97 Å². The maximum atomic E-state index is 4.29. The average molecular weight is 265 g/mol. The number of nitrogens with zero attached hydrogens (tertiary/aromatic N) is 1. The average Bonchev–Trinajstić information content (AvgIpc) is 2.54. The van der Waals surface area contributed by atoms with Crippen LogP contribution in [0.1, 0.15) is 24.8 Å². The molecule has 0 aromatic carbocycles. The van der Waals surface area contributed by atoms with Gasteiger partial charge in [-0.15, -0.1) is 0 Å². The third kappa shape index (κ3) is 1.69. The van der Waals surface area contributed by atoms with Gasteiger partial charge in [0.1, 0.15) is 4.60 Å². The fourth-order valence-electron chi connectivity index (χ4n) is 2.22. The van der Waals surface area contributed by atoms with E-state index in [0.717, 1.165) is 10.5 Å². The van der Waals surface area contributed by atoms with Crippen LogP contribution in [-0.4, -0.2) is 9.97 Å². The lowest BCUT2D eigenvalue weighted by Gasteiger charge is -2.24. The van der Waals surface area contributed by atoms with Gasteiger partial charge in [0.2, 0.25) is 0 Å². The lowest BCUT2D eigenvalue weighted by molar-refractivity contribution is 0.315. The largest absolute Gasteiger partial charge is 0.361 e. The standard InChI is InChI=1S/C12H13BrN2/c13-12-5-11-10(7-15-12)9(6-14-11)4-8-2-1-3-8/h5-8,14H,1-4H2. The van der Waals surface area contributed by atoms with Gasteiger partial charge in [-0.1, -0.05) is 19.3 Å². The van der Waals surface area contributed by atoms with E-state index in [1.165, 1.54) is 42.1 Å². The molecule has 1 fully saturated rings. The van der Waals surface area contributed by atoms with Gasteiger partial charge in [-0.2, -0.15) is 0 Å². The molecule has 0 radical (unpaired) electrons. The molecule has 1 aliphatic rings. The molecule has 2 heterocycles. The van der Waals surface area contributed by atoms with Gasteiger partial charge in [-0.25, -0.2) is 4.98 Å². The topological polar surface area (TPSA) is 28.7 Å². The summed E-state index contributed by atoms with van der Waals surface area (Å²) in [7, 11) is 0. The van der Waals surface area contributed by atoms with Gasteiger partial charge in [0.15, 0.2) is 0 Å². The summed E-state index contributed by atoms with van der Waals surface area (Å²) in [4.78, 5) is 7.60. The molecule has 2 aromatic heterocycles. The van der Waals surface area contributed by atoms with Crippen LogP contribution >= 0.6 is 15.9 Å². The molecule has 0 saturated heterocycles. The smallest absolute Gasteiger partial charge is 0.108 e. The van der Waals surface area contributed by atoms with Gasteiger partial charge in [0.05, 0.1) is 0 Å². The first kappa shape index (κ1) is 9.40. The fourth-order valence-corrected chi connectivity index (χ4v) is 2.56. The molecule has 0 spiro atoms. The molecular weight excluding hydrogens is 252 g/mol. The molecule has 78 valence electrons. The minimum absolute atomic E-state index is 0.895. The van der Waals surface area contributed by atoms with Crippen molar-refractivity contribution in [2.45, 2.75) is 25.7 Å². The third-order valence-corrected chi connectivity index (χ3v) is 3.79. The van der Waals surface area contributed by atoms with E-state index in [2.05, 4.69) is 32.1 Å². The summed E-state index contributed by atoms with van der Waals surface area (Å²) in [5.41, 5.74) is 2.61. The first-order valence-corrected chi connectivity index (χ1v) is 6.24. The number of aromatic amines is 1. The zero-order chi connectivity index (χ0) is 10.3. The summed E-state index contributed by atoms with van der Waals surface area (Å²) in [6.45, 7) is 0. The molecule has 1 saturated carbocycles. The second-order valence-electron chi connectivity index (χ2n) is 4.37. The van der Waals surface area contributed by atoms with E-state index >= 15 is 0 Å². The number of hydrogen-bond donors (Lipinski definition) is 1. The van der Waals surface area contributed by atoms with E-state index in [-0.39, 0.29) is 0 Å². The summed E-state index contributed by atoms with van der Waals surface area (Å²) in [6.07, 6.45) is 9.52. The molecule has 1 aliphatic carbocycles. The van der Waals surface area contributed by atoms with Crippen LogP contribution < -0.4 is 0 Å². The summed E-state index contributed by atoms with van der Waals surface area (Å²) in [5, 5.41) is 1.28. The Balaban J connectivity index is 1.96. The Morgan fingerprint density at radius 1 is 1.47 bits per heavy atom. The second kappa shape index (κ2) is 3.63. The molecule has 0 unspecified atom stereocenters. The number of hydrogen-bond acceptors (Lipinski definition) is 1. The van der Waals surface area contributed by atoms with Crippen LogP contribution in [0, 0.1) is 5.92 Å². The Morgan fingerprint density at radius 2 is 2.33 bits per heavy atom. The van der Waals surface area contributed by atoms with Crippen molar-refractivity contribution >= 4 is 26.8 Å². The molecule has 2 nitrogen and oxygen atoms in total. The molecule has 3 rings (SSSR count). The highest BCUT2D eigenvalue weighted by atomic mass is 79.9. The van der Waals surface area contributed by atoms with Gasteiger partial charge in [-0.05, 0) is 39.9 Å². The summed E-state index contributed by atoms with van der Waals surface area (Å²) >= 11 is 3.39. The van der Waals surface area contributed by atoms with Crippen LogP contribution in [0.15, 0.2) is 23.1 Å². The predicted octanol–water partition coefficient (Wildman–Crippen LogP) is 3.67. The Bertz CT molecular complexity index is 485. The Morgan fingerprint density at radius 3 is 3.07 bits per heavy atom. The third-order valence-electron chi connectivity index (χ3n) is 3.35. The Hall–Kier alpha value is -0.830. The minimum Gasteiger partial charge on any atom is -0.361 e. The normalized spacial score (nSPS) is 16.9. The Kier molecular flexibility index (Phi) is 2.28. The molecular formula is C12H13BrN2. The number of aromatic nitrogens is 2. The highest BCUT2D eigenvalue weighted by molar-refractivity contribution is 9.10. The van der Waals surface area contributed by atoms with Crippen molar-refractivity contribution in [3.63, 3.8) is 0 Å². The molecule has 0 bridgehead atoms. The molecule has 15 heavy (non-hydrogen) atoms. The quantitative estimate of drug-likeness (QED) is 0.824. The summed E-state index contributed by atoms with van der Waals surface area (Å²) in [6, 6.07) is 2.04. The summed E-state index contributed by atoms with van der Waals surface area (Å²) < 4.78 is 0.895. The van der Waals surface area contributed by atoms with Crippen molar-refractivity contribution in [1.29, 1.82) is 0 Å². The van der Waals surface area contributed by atoms with Crippen LogP contribution in [0.25, 0.3) is 10.9 Å². The lowest BCUT2D eigenvalue weighted by Crippen LogP contribution is -2.13. The van der Waals surface area contributed by atoms with Crippen LogP contribution in [-0.2, 0) is 6.42 Å². The number of fused-ring (bicyclic) bond motifs is 1. The van der Waals surface area contributed by atoms with Crippen LogP contribution in [0.3, 0.4) is 0 Å². The molecule has 3 heteroatoms. The van der Waals surface area contributed by atoms with Crippen molar-refractivity contribution in [2.75, 3.05) is 0 Å². The summed E-state index contributed by atoms with van der Waals surface area (Å²) in [5.74, 6) is 0.910. The zero-order valence-electron chi connectivity index (χ0n) is 8.46. The van der Waals surface area contributed by atoms with E-state index in [1.807, 2.05) is 12.3 Å². The van der Waals surface area contributed by atoms with E-state index in [9.17, 15) is 0 Å². The SMILES string of the molecule is Brc1cc2[nH]cc(CC3CCC3)c2cn1. The van der Waals surface area contributed by atoms with Crippen molar-refractivity contribution in [3.05, 3.63) is 28.6 Å². The van der Waals surface area contributed by atoms with E-state index < -0.39 is 0 Å². The second-order valence-corrected chi connectivity index (χ2v) is 5.18. The van der Waals surface area contributed by atoms with Gasteiger partial charge in [0, 0.05) is 23.3 Å². The van der Waals surface area contributed by atoms with Crippen LogP contribution in [0.2, 0.25) is 0 Å². The monoisotopic (exact) mass is 264 g/mol. The molecule has 0 amide bonds. The van der Waals surface area contributed by atoms with Crippen molar-refractivity contribution < 1.29 is 0 Å². The lowest BCUT2D eigenvalue weighted by atomic mass is 9.81. The van der Waals surface area contributed by atoms with Crippen molar-refractivity contribution in [2.24, 2.45) is 5.92 Å². The predicted molar refractivity (Wildman–Crippen MR) is 64.8 cm³/mol. The van der Waals surface area contributed by atoms with Crippen molar-refractivity contribution in [3.8, 4) is 0 Å². The highest BCUT2D eigenvalue weighted by Gasteiger charge is 2.19. The fraction of sp³-hybridized carbons (Fsp3) is 0.417. The number of pyridine rings is 1.